The van der Waals surface area contributed by atoms with Crippen LogP contribution in [0.1, 0.15) is 38.2 Å². The Hall–Kier alpha value is -0.590. The zero-order valence-electron chi connectivity index (χ0n) is 14.2. The van der Waals surface area contributed by atoms with Crippen LogP contribution in [0, 0.1) is 0 Å². The Morgan fingerprint density at radius 2 is 1.61 bits per heavy atom. The normalized spacial score (nSPS) is 17.8. The molecule has 0 bridgehead atoms. The van der Waals surface area contributed by atoms with Crippen molar-refractivity contribution in [2.24, 2.45) is 0 Å². The molecule has 23 heavy (non-hydrogen) atoms. The topological polar surface area (TPSA) is 46.2 Å². The second-order valence-electron chi connectivity index (χ2n) is 6.56. The van der Waals surface area contributed by atoms with Crippen LogP contribution in [-0.2, 0) is 16.4 Å². The largest absolute Gasteiger partial charge is 1.00 e. The fourth-order valence-corrected chi connectivity index (χ4v) is 3.94. The van der Waals surface area contributed by atoms with Gasteiger partial charge in [-0.2, -0.15) is 0 Å². The van der Waals surface area contributed by atoms with Crippen LogP contribution < -0.4 is 21.7 Å². The van der Waals surface area contributed by atoms with Gasteiger partial charge in [0.25, 0.3) is 0 Å². The van der Waals surface area contributed by atoms with Crippen molar-refractivity contribution in [1.82, 2.24) is 0 Å². The van der Waals surface area contributed by atoms with Gasteiger partial charge in [-0.25, -0.2) is 8.42 Å². The van der Waals surface area contributed by atoms with Gasteiger partial charge in [0.15, 0.2) is 0 Å². The minimum Gasteiger partial charge on any atom is -1.00 e. The number of hydrogen-bond acceptors (Lipinski definition) is 2. The maximum atomic E-state index is 11.2. The van der Waals surface area contributed by atoms with E-state index in [1.54, 1.807) is 0 Å². The molecule has 0 unspecified atom stereocenters. The van der Waals surface area contributed by atoms with E-state index in [9.17, 15) is 8.42 Å². The van der Waals surface area contributed by atoms with Gasteiger partial charge in [-0.1, -0.05) is 12.1 Å². The SMILES string of the molecule is CC[N+]1(CCc2ccc(NS(C)(=O)=O)cc2)CCCCCC1.[Br-]. The number of likely N-dealkylation sites (tertiary alicyclic amines) is 1. The highest BCUT2D eigenvalue weighted by Gasteiger charge is 2.26. The van der Waals surface area contributed by atoms with Crippen molar-refractivity contribution in [1.29, 1.82) is 0 Å². The molecule has 0 spiro atoms. The van der Waals surface area contributed by atoms with E-state index in [1.807, 2.05) is 24.3 Å². The van der Waals surface area contributed by atoms with Gasteiger partial charge in [-0.3, -0.25) is 4.72 Å². The average Bonchev–Trinajstić information content (AvgIpc) is 2.71. The first kappa shape index (κ1) is 20.5. The summed E-state index contributed by atoms with van der Waals surface area (Å²) in [4.78, 5) is 0. The Bertz CT molecular complexity index is 565. The summed E-state index contributed by atoms with van der Waals surface area (Å²) in [6, 6.07) is 7.79. The average molecular weight is 405 g/mol. The molecular formula is C17H29BrN2O2S. The van der Waals surface area contributed by atoms with Gasteiger partial charge in [0.1, 0.15) is 0 Å². The lowest BCUT2D eigenvalue weighted by Crippen LogP contribution is -3.00. The molecule has 1 aromatic carbocycles. The first-order valence-corrected chi connectivity index (χ1v) is 10.2. The third-order valence-electron chi connectivity index (χ3n) is 4.82. The highest BCUT2D eigenvalue weighted by Crippen LogP contribution is 2.20. The number of likely N-dealkylation sites (N-methyl/N-ethyl adjacent to an activating group) is 1. The van der Waals surface area contributed by atoms with Crippen molar-refractivity contribution >= 4 is 15.7 Å². The summed E-state index contributed by atoms with van der Waals surface area (Å²) in [7, 11) is -3.19. The number of nitrogens with zero attached hydrogens (tertiary/aromatic N) is 1. The Balaban J connectivity index is 0.00000264. The number of quaternary nitrogens is 1. The Morgan fingerprint density at radius 3 is 2.09 bits per heavy atom. The molecule has 6 heteroatoms. The van der Waals surface area contributed by atoms with Gasteiger partial charge in [0.05, 0.1) is 32.4 Å². The molecule has 132 valence electrons. The molecule has 0 amide bonds. The monoisotopic (exact) mass is 404 g/mol. The van der Waals surface area contributed by atoms with Gasteiger partial charge in [-0.05, 0) is 50.3 Å². The van der Waals surface area contributed by atoms with E-state index in [1.165, 1.54) is 68.2 Å². The van der Waals surface area contributed by atoms with E-state index in [0.29, 0.717) is 5.69 Å². The summed E-state index contributed by atoms with van der Waals surface area (Å²) in [5, 5.41) is 0. The summed E-state index contributed by atoms with van der Waals surface area (Å²) in [6.45, 7) is 7.34. The standard InChI is InChI=1S/C17H29N2O2S.BrH/c1-3-19(13-6-4-5-7-14-19)15-12-16-8-10-17(11-9-16)18-22(2,20)21;/h8-11,18H,3-7,12-15H2,1-2H3;1H/q+1;/p-1. The van der Waals surface area contributed by atoms with Crippen molar-refractivity contribution in [2.75, 3.05) is 37.2 Å². The number of sulfonamides is 1. The summed E-state index contributed by atoms with van der Waals surface area (Å²) < 4.78 is 26.2. The lowest BCUT2D eigenvalue weighted by atomic mass is 10.1. The smallest absolute Gasteiger partial charge is 0.229 e. The molecular weight excluding hydrogens is 376 g/mol. The van der Waals surface area contributed by atoms with Gasteiger partial charge >= 0.3 is 0 Å². The zero-order valence-corrected chi connectivity index (χ0v) is 16.6. The Labute approximate surface area is 151 Å². The summed E-state index contributed by atoms with van der Waals surface area (Å²) in [5.74, 6) is 0. The van der Waals surface area contributed by atoms with Gasteiger partial charge in [0.2, 0.25) is 10.0 Å². The van der Waals surface area contributed by atoms with Crippen LogP contribution in [0.3, 0.4) is 0 Å². The number of rotatable bonds is 6. The van der Waals surface area contributed by atoms with E-state index < -0.39 is 10.0 Å². The molecule has 0 saturated carbocycles. The maximum absolute atomic E-state index is 11.2. The summed E-state index contributed by atoms with van der Waals surface area (Å²) in [5.41, 5.74) is 1.93. The first-order chi connectivity index (χ1) is 10.4. The molecule has 0 aromatic heterocycles. The van der Waals surface area contributed by atoms with Crippen molar-refractivity contribution in [3.63, 3.8) is 0 Å². The molecule has 1 N–H and O–H groups in total. The van der Waals surface area contributed by atoms with Crippen LogP contribution in [0.4, 0.5) is 5.69 Å². The molecule has 4 nitrogen and oxygen atoms in total. The second-order valence-corrected chi connectivity index (χ2v) is 8.31. The van der Waals surface area contributed by atoms with Crippen LogP contribution in [0.2, 0.25) is 0 Å². The molecule has 1 aromatic rings. The van der Waals surface area contributed by atoms with Crippen LogP contribution in [0.5, 0.6) is 0 Å². The van der Waals surface area contributed by atoms with Crippen LogP contribution in [0.25, 0.3) is 0 Å². The number of halogens is 1. The molecule has 0 atom stereocenters. The molecule has 0 aliphatic carbocycles. The van der Waals surface area contributed by atoms with E-state index >= 15 is 0 Å². The summed E-state index contributed by atoms with van der Waals surface area (Å²) >= 11 is 0. The number of nitrogens with one attached hydrogen (secondary N) is 1. The summed E-state index contributed by atoms with van der Waals surface area (Å²) in [6.07, 6.45) is 7.70. The Kier molecular flexibility index (Phi) is 8.04. The van der Waals surface area contributed by atoms with Gasteiger partial charge in [0, 0.05) is 12.1 Å². The minimum atomic E-state index is -3.19. The number of anilines is 1. The van der Waals surface area contributed by atoms with Crippen molar-refractivity contribution < 1.29 is 29.9 Å². The van der Waals surface area contributed by atoms with Gasteiger partial charge in [-0.15, -0.1) is 0 Å². The van der Waals surface area contributed by atoms with E-state index in [2.05, 4.69) is 11.6 Å². The lowest BCUT2D eigenvalue weighted by Gasteiger charge is -2.37. The van der Waals surface area contributed by atoms with Crippen LogP contribution in [-0.4, -0.2) is 45.3 Å². The van der Waals surface area contributed by atoms with Crippen LogP contribution in [0.15, 0.2) is 24.3 Å². The first-order valence-electron chi connectivity index (χ1n) is 8.34. The van der Waals surface area contributed by atoms with Gasteiger partial charge < -0.3 is 21.5 Å². The molecule has 1 aliphatic heterocycles. The van der Waals surface area contributed by atoms with E-state index in [-0.39, 0.29) is 17.0 Å². The quantitative estimate of drug-likeness (QED) is 0.679. The predicted octanol–water partition coefficient (Wildman–Crippen LogP) is 0.0153. The lowest BCUT2D eigenvalue weighted by molar-refractivity contribution is -0.925. The van der Waals surface area contributed by atoms with Crippen molar-refractivity contribution in [2.45, 2.75) is 39.0 Å². The molecule has 2 rings (SSSR count). The molecule has 1 saturated heterocycles. The van der Waals surface area contributed by atoms with Crippen molar-refractivity contribution in [3.8, 4) is 0 Å². The second kappa shape index (κ2) is 9.04. The Morgan fingerprint density at radius 1 is 1.04 bits per heavy atom. The maximum Gasteiger partial charge on any atom is 0.229 e. The third kappa shape index (κ3) is 6.81. The van der Waals surface area contributed by atoms with E-state index in [4.69, 9.17) is 0 Å². The van der Waals surface area contributed by atoms with Crippen LogP contribution >= 0.6 is 0 Å². The zero-order chi connectivity index (χ0) is 16.1. The molecule has 1 aliphatic rings. The fraction of sp³-hybridized carbons (Fsp3) is 0.647. The number of hydrogen-bond donors (Lipinski definition) is 1. The third-order valence-corrected chi connectivity index (χ3v) is 5.42. The van der Waals surface area contributed by atoms with Crippen molar-refractivity contribution in [3.05, 3.63) is 29.8 Å². The minimum absolute atomic E-state index is 0. The molecule has 1 fully saturated rings. The highest BCUT2D eigenvalue weighted by atomic mass is 79.9. The predicted molar refractivity (Wildman–Crippen MR) is 92.5 cm³/mol. The molecule has 1 heterocycles. The number of benzene rings is 1. The highest BCUT2D eigenvalue weighted by molar-refractivity contribution is 7.92. The fourth-order valence-electron chi connectivity index (χ4n) is 3.38. The van der Waals surface area contributed by atoms with E-state index in [0.717, 1.165) is 6.42 Å². The molecule has 0 radical (unpaired) electrons.